The minimum absolute atomic E-state index is 0.632. The van der Waals surface area contributed by atoms with Crippen molar-refractivity contribution in [2.75, 3.05) is 19.0 Å². The lowest BCUT2D eigenvalue weighted by atomic mass is 10.2. The average molecular weight is 262 g/mol. The van der Waals surface area contributed by atoms with Crippen molar-refractivity contribution in [3.8, 4) is 5.75 Å². The molecule has 90 valence electrons. The fraction of sp³-hybridized carbons (Fsp3) is 0.500. The third-order valence-electron chi connectivity index (χ3n) is 2.11. The van der Waals surface area contributed by atoms with Crippen molar-refractivity contribution in [3.63, 3.8) is 0 Å². The molecule has 0 saturated carbocycles. The number of alkyl halides is 1. The standard InChI is InChI=1S/C12H17Cl2NO/c1-2-16-12-5-4-10(8-11(12)14)9-15-7-3-6-13/h4-5,8,15H,2-3,6-7,9H2,1H3. The topological polar surface area (TPSA) is 21.3 Å². The Bertz CT molecular complexity index is 318. The second-order valence-corrected chi connectivity index (χ2v) is 4.20. The van der Waals surface area contributed by atoms with Crippen molar-refractivity contribution < 1.29 is 4.74 Å². The van der Waals surface area contributed by atoms with Gasteiger partial charge in [0.25, 0.3) is 0 Å². The summed E-state index contributed by atoms with van der Waals surface area (Å²) in [6.07, 6.45) is 0.978. The second-order valence-electron chi connectivity index (χ2n) is 3.42. The van der Waals surface area contributed by atoms with Crippen molar-refractivity contribution in [3.05, 3.63) is 28.8 Å². The van der Waals surface area contributed by atoms with Crippen LogP contribution in [0, 0.1) is 0 Å². The monoisotopic (exact) mass is 261 g/mol. The summed E-state index contributed by atoms with van der Waals surface area (Å²) in [5, 5.41) is 3.96. The molecule has 1 rings (SSSR count). The Morgan fingerprint density at radius 2 is 2.19 bits per heavy atom. The number of hydrogen-bond donors (Lipinski definition) is 1. The largest absolute Gasteiger partial charge is 0.492 e. The van der Waals surface area contributed by atoms with Crippen LogP contribution in [0.2, 0.25) is 5.02 Å². The van der Waals surface area contributed by atoms with E-state index in [1.807, 2.05) is 25.1 Å². The molecule has 1 aromatic rings. The predicted octanol–water partition coefficient (Wildman–Crippen LogP) is 3.46. The van der Waals surface area contributed by atoms with E-state index >= 15 is 0 Å². The molecule has 0 aliphatic heterocycles. The minimum Gasteiger partial charge on any atom is -0.492 e. The van der Waals surface area contributed by atoms with Crippen LogP contribution in [0.4, 0.5) is 0 Å². The van der Waals surface area contributed by atoms with Gasteiger partial charge in [0.15, 0.2) is 0 Å². The Hall–Kier alpha value is -0.440. The predicted molar refractivity (Wildman–Crippen MR) is 69.7 cm³/mol. The zero-order chi connectivity index (χ0) is 11.8. The zero-order valence-electron chi connectivity index (χ0n) is 9.43. The van der Waals surface area contributed by atoms with Gasteiger partial charge < -0.3 is 10.1 Å². The van der Waals surface area contributed by atoms with Crippen molar-refractivity contribution in [1.29, 1.82) is 0 Å². The summed E-state index contributed by atoms with van der Waals surface area (Å²) in [6, 6.07) is 5.86. The number of ether oxygens (including phenoxy) is 1. The molecule has 0 saturated heterocycles. The molecule has 4 heteroatoms. The molecule has 0 aliphatic rings. The molecule has 0 radical (unpaired) electrons. The highest BCUT2D eigenvalue weighted by atomic mass is 35.5. The quantitative estimate of drug-likeness (QED) is 0.600. The molecule has 0 atom stereocenters. The van der Waals surface area contributed by atoms with Gasteiger partial charge in [0.05, 0.1) is 11.6 Å². The number of rotatable bonds is 7. The molecule has 1 N–H and O–H groups in total. The van der Waals surface area contributed by atoms with E-state index in [1.54, 1.807) is 0 Å². The van der Waals surface area contributed by atoms with Crippen LogP contribution in [0.3, 0.4) is 0 Å². The first-order valence-corrected chi connectivity index (χ1v) is 6.37. The lowest BCUT2D eigenvalue weighted by Crippen LogP contribution is -2.14. The summed E-state index contributed by atoms with van der Waals surface area (Å²) < 4.78 is 5.36. The van der Waals surface area contributed by atoms with E-state index in [0.29, 0.717) is 17.5 Å². The molecule has 0 aromatic heterocycles. The Kier molecular flexibility index (Phi) is 6.62. The third-order valence-corrected chi connectivity index (χ3v) is 2.68. The van der Waals surface area contributed by atoms with Crippen LogP contribution in [0.5, 0.6) is 5.75 Å². The minimum atomic E-state index is 0.632. The number of hydrogen-bond acceptors (Lipinski definition) is 2. The van der Waals surface area contributed by atoms with Gasteiger partial charge >= 0.3 is 0 Å². The van der Waals surface area contributed by atoms with Crippen molar-refractivity contribution >= 4 is 23.2 Å². The highest BCUT2D eigenvalue weighted by molar-refractivity contribution is 6.32. The van der Waals surface area contributed by atoms with Crippen LogP contribution < -0.4 is 10.1 Å². The molecule has 0 spiro atoms. The fourth-order valence-corrected chi connectivity index (χ4v) is 1.74. The highest BCUT2D eigenvalue weighted by Crippen LogP contribution is 2.25. The van der Waals surface area contributed by atoms with Gasteiger partial charge in [-0.25, -0.2) is 0 Å². The van der Waals surface area contributed by atoms with Gasteiger partial charge in [-0.1, -0.05) is 17.7 Å². The lowest BCUT2D eigenvalue weighted by Gasteiger charge is -2.08. The fourth-order valence-electron chi connectivity index (χ4n) is 1.35. The maximum absolute atomic E-state index is 6.07. The van der Waals surface area contributed by atoms with E-state index in [0.717, 1.165) is 30.8 Å². The van der Waals surface area contributed by atoms with Gasteiger partial charge in [-0.3, -0.25) is 0 Å². The van der Waals surface area contributed by atoms with E-state index in [1.165, 1.54) is 0 Å². The summed E-state index contributed by atoms with van der Waals surface area (Å²) in [4.78, 5) is 0. The Morgan fingerprint density at radius 3 is 2.81 bits per heavy atom. The first kappa shape index (κ1) is 13.6. The molecule has 1 aromatic carbocycles. The second kappa shape index (κ2) is 7.77. The smallest absolute Gasteiger partial charge is 0.137 e. The molecular weight excluding hydrogens is 245 g/mol. The average Bonchev–Trinajstić information content (AvgIpc) is 2.28. The third kappa shape index (κ3) is 4.60. The van der Waals surface area contributed by atoms with E-state index in [-0.39, 0.29) is 0 Å². The summed E-state index contributed by atoms with van der Waals surface area (Å²) in [5.41, 5.74) is 1.16. The molecule has 0 heterocycles. The molecule has 0 amide bonds. The van der Waals surface area contributed by atoms with Gasteiger partial charge in [-0.2, -0.15) is 0 Å². The van der Waals surface area contributed by atoms with Crippen LogP contribution in [0.25, 0.3) is 0 Å². The Labute approximate surface area is 107 Å². The highest BCUT2D eigenvalue weighted by Gasteiger charge is 2.01. The molecular formula is C12H17Cl2NO. The van der Waals surface area contributed by atoms with Crippen LogP contribution in [0.15, 0.2) is 18.2 Å². The molecule has 0 bridgehead atoms. The number of halogens is 2. The lowest BCUT2D eigenvalue weighted by molar-refractivity contribution is 0.340. The van der Waals surface area contributed by atoms with E-state index < -0.39 is 0 Å². The molecule has 16 heavy (non-hydrogen) atoms. The van der Waals surface area contributed by atoms with Gasteiger partial charge in [-0.15, -0.1) is 11.6 Å². The first-order valence-electron chi connectivity index (χ1n) is 5.45. The van der Waals surface area contributed by atoms with E-state index in [4.69, 9.17) is 27.9 Å². The van der Waals surface area contributed by atoms with Gasteiger partial charge in [0.1, 0.15) is 5.75 Å². The zero-order valence-corrected chi connectivity index (χ0v) is 10.9. The summed E-state index contributed by atoms with van der Waals surface area (Å²) in [5.74, 6) is 1.44. The van der Waals surface area contributed by atoms with E-state index in [9.17, 15) is 0 Å². The van der Waals surface area contributed by atoms with Crippen LogP contribution in [0.1, 0.15) is 18.9 Å². The maximum Gasteiger partial charge on any atom is 0.137 e. The summed E-state index contributed by atoms with van der Waals surface area (Å²) in [6.45, 7) is 4.31. The Morgan fingerprint density at radius 1 is 1.38 bits per heavy atom. The molecule has 0 aliphatic carbocycles. The number of nitrogens with one attached hydrogen (secondary N) is 1. The van der Waals surface area contributed by atoms with Gasteiger partial charge in [0, 0.05) is 12.4 Å². The summed E-state index contributed by atoms with van der Waals surface area (Å²) >= 11 is 11.7. The Balaban J connectivity index is 2.46. The van der Waals surface area contributed by atoms with Crippen molar-refractivity contribution in [2.24, 2.45) is 0 Å². The number of benzene rings is 1. The maximum atomic E-state index is 6.07. The molecule has 0 unspecified atom stereocenters. The molecule has 0 fully saturated rings. The summed E-state index contributed by atoms with van der Waals surface area (Å²) in [7, 11) is 0. The normalized spacial score (nSPS) is 10.4. The first-order chi connectivity index (χ1) is 7.77. The SMILES string of the molecule is CCOc1ccc(CNCCCCl)cc1Cl. The van der Waals surface area contributed by atoms with E-state index in [2.05, 4.69) is 5.32 Å². The van der Waals surface area contributed by atoms with Gasteiger partial charge in [-0.05, 0) is 37.6 Å². The van der Waals surface area contributed by atoms with Crippen molar-refractivity contribution in [1.82, 2.24) is 5.32 Å². The van der Waals surface area contributed by atoms with Gasteiger partial charge in [0.2, 0.25) is 0 Å². The van der Waals surface area contributed by atoms with Crippen molar-refractivity contribution in [2.45, 2.75) is 19.9 Å². The van der Waals surface area contributed by atoms with Crippen LogP contribution in [-0.2, 0) is 6.54 Å². The van der Waals surface area contributed by atoms with Crippen LogP contribution >= 0.6 is 23.2 Å². The molecule has 2 nitrogen and oxygen atoms in total. The van der Waals surface area contributed by atoms with Crippen LogP contribution in [-0.4, -0.2) is 19.0 Å².